The molecular weight excluding hydrogens is 352 g/mol. The van der Waals surface area contributed by atoms with Crippen LogP contribution in [0.5, 0.6) is 5.75 Å². The fourth-order valence-electron chi connectivity index (χ4n) is 3.75. The fraction of sp³-hybridized carbons (Fsp3) is 0.391. The number of hydrogen-bond donors (Lipinski definition) is 0. The molecule has 0 aliphatic heterocycles. The molecule has 28 heavy (non-hydrogen) atoms. The molecule has 5 nitrogen and oxygen atoms in total. The van der Waals surface area contributed by atoms with Gasteiger partial charge in [0.05, 0.1) is 10.5 Å². The minimum atomic E-state index is -0.361. The van der Waals surface area contributed by atoms with Gasteiger partial charge in [0.15, 0.2) is 0 Å². The summed E-state index contributed by atoms with van der Waals surface area (Å²) in [7, 11) is 3.76. The molecule has 2 aromatic carbocycles. The maximum Gasteiger partial charge on any atom is 0.276 e. The van der Waals surface area contributed by atoms with Gasteiger partial charge < -0.3 is 9.64 Å². The zero-order valence-corrected chi connectivity index (χ0v) is 17.2. The van der Waals surface area contributed by atoms with E-state index in [9.17, 15) is 10.1 Å². The van der Waals surface area contributed by atoms with Gasteiger partial charge >= 0.3 is 0 Å². The summed E-state index contributed by atoms with van der Waals surface area (Å²) in [6.07, 6.45) is 4.56. The minimum Gasteiger partial charge on any atom is -0.490 e. The lowest BCUT2D eigenvalue weighted by atomic mass is 9.57. The van der Waals surface area contributed by atoms with E-state index < -0.39 is 0 Å². The Balaban J connectivity index is 1.77. The Labute approximate surface area is 166 Å². The summed E-state index contributed by atoms with van der Waals surface area (Å²) in [5.41, 5.74) is 3.22. The molecule has 1 aliphatic rings. The molecule has 0 unspecified atom stereocenters. The van der Waals surface area contributed by atoms with Gasteiger partial charge in [-0.1, -0.05) is 43.7 Å². The third-order valence-corrected chi connectivity index (χ3v) is 5.68. The van der Waals surface area contributed by atoms with Gasteiger partial charge in [0.1, 0.15) is 11.9 Å². The lowest BCUT2D eigenvalue weighted by Gasteiger charge is -2.51. The lowest BCUT2D eigenvalue weighted by molar-refractivity contribution is -0.385. The number of aryl methyl sites for hydroxylation is 1. The van der Waals surface area contributed by atoms with Gasteiger partial charge in [-0.3, -0.25) is 10.1 Å². The largest absolute Gasteiger partial charge is 0.490 e. The van der Waals surface area contributed by atoms with Gasteiger partial charge in [-0.25, -0.2) is 0 Å². The van der Waals surface area contributed by atoms with Gasteiger partial charge in [0.2, 0.25) is 0 Å². The van der Waals surface area contributed by atoms with Crippen LogP contribution < -0.4 is 4.74 Å². The molecule has 3 rings (SSSR count). The summed E-state index contributed by atoms with van der Waals surface area (Å²) in [6.45, 7) is 6.55. The minimum absolute atomic E-state index is 0.00330. The molecule has 0 aromatic heterocycles. The average Bonchev–Trinajstić information content (AvgIpc) is 2.64. The van der Waals surface area contributed by atoms with Gasteiger partial charge in [0, 0.05) is 25.6 Å². The van der Waals surface area contributed by atoms with E-state index >= 15 is 0 Å². The van der Waals surface area contributed by atoms with E-state index in [-0.39, 0.29) is 22.1 Å². The Hall–Kier alpha value is -2.82. The van der Waals surface area contributed by atoms with Crippen molar-refractivity contribution in [3.63, 3.8) is 0 Å². The van der Waals surface area contributed by atoms with Crippen LogP contribution in [0.1, 0.15) is 42.9 Å². The molecule has 0 saturated heterocycles. The topological polar surface area (TPSA) is 55.6 Å². The first-order valence-electron chi connectivity index (χ1n) is 9.55. The highest BCUT2D eigenvalue weighted by Gasteiger charge is 2.50. The van der Waals surface area contributed by atoms with Crippen LogP contribution in [-0.2, 0) is 0 Å². The first kappa shape index (κ1) is 19.9. The summed E-state index contributed by atoms with van der Waals surface area (Å²) in [5, 5.41) is 11.3. The normalized spacial score (nSPS) is 20.6. The van der Waals surface area contributed by atoms with Crippen molar-refractivity contribution in [3.05, 3.63) is 75.5 Å². The van der Waals surface area contributed by atoms with Gasteiger partial charge in [-0.15, -0.1) is 0 Å². The Morgan fingerprint density at radius 1 is 1.18 bits per heavy atom. The van der Waals surface area contributed by atoms with Crippen molar-refractivity contribution < 1.29 is 9.66 Å². The van der Waals surface area contributed by atoms with E-state index in [1.807, 2.05) is 19.0 Å². The highest BCUT2D eigenvalue weighted by molar-refractivity contribution is 5.62. The predicted molar refractivity (Wildman–Crippen MR) is 113 cm³/mol. The molecule has 2 atom stereocenters. The number of ether oxygens (including phenoxy) is 1. The SMILES string of the molecule is Cc1ccc([C@H]2C[C@@H](Oc3ccc([N+](=O)[O-])c(/C=C/N(C)C)c3)C2(C)C)cc1. The second-order valence-corrected chi connectivity index (χ2v) is 8.38. The molecule has 1 aliphatic carbocycles. The zero-order chi connectivity index (χ0) is 20.5. The standard InChI is InChI=1S/C23H28N2O3/c1-16-6-8-17(9-7-16)20-15-22(23(20,2)3)28-19-10-11-21(25(26)27)18(14-19)12-13-24(4)5/h6-14,20,22H,15H2,1-5H3/b13-12+/t20-,22-/m1/s1. The van der Waals surface area contributed by atoms with Crippen LogP contribution in [0, 0.1) is 22.5 Å². The van der Waals surface area contributed by atoms with E-state index in [1.54, 1.807) is 24.4 Å². The van der Waals surface area contributed by atoms with Crippen molar-refractivity contribution in [3.8, 4) is 5.75 Å². The fourth-order valence-corrected chi connectivity index (χ4v) is 3.75. The second-order valence-electron chi connectivity index (χ2n) is 8.38. The van der Waals surface area contributed by atoms with Crippen LogP contribution in [0.15, 0.2) is 48.7 Å². The van der Waals surface area contributed by atoms with Gasteiger partial charge in [-0.05, 0) is 49.2 Å². The predicted octanol–water partition coefficient (Wildman–Crippen LogP) is 5.40. The zero-order valence-electron chi connectivity index (χ0n) is 17.2. The average molecular weight is 380 g/mol. The maximum absolute atomic E-state index is 11.3. The van der Waals surface area contributed by atoms with Crippen molar-refractivity contribution in [2.75, 3.05) is 14.1 Å². The van der Waals surface area contributed by atoms with Crippen molar-refractivity contribution in [1.82, 2.24) is 4.90 Å². The third-order valence-electron chi connectivity index (χ3n) is 5.68. The van der Waals surface area contributed by atoms with E-state index in [0.29, 0.717) is 17.2 Å². The van der Waals surface area contributed by atoms with E-state index in [0.717, 1.165) is 6.42 Å². The summed E-state index contributed by atoms with van der Waals surface area (Å²) < 4.78 is 6.25. The van der Waals surface area contributed by atoms with E-state index in [1.165, 1.54) is 17.2 Å². The van der Waals surface area contributed by atoms with E-state index in [2.05, 4.69) is 45.0 Å². The smallest absolute Gasteiger partial charge is 0.276 e. The van der Waals surface area contributed by atoms with Crippen LogP contribution in [0.2, 0.25) is 0 Å². The molecule has 1 saturated carbocycles. The molecule has 0 amide bonds. The maximum atomic E-state index is 11.3. The highest BCUT2D eigenvalue weighted by Crippen LogP contribution is 2.54. The Kier molecular flexibility index (Phi) is 5.45. The number of nitro groups is 1. The quantitative estimate of drug-likeness (QED) is 0.497. The number of hydrogen-bond acceptors (Lipinski definition) is 4. The van der Waals surface area contributed by atoms with Gasteiger partial charge in [0.25, 0.3) is 5.69 Å². The number of nitrogens with zero attached hydrogens (tertiary/aromatic N) is 2. The van der Waals surface area contributed by atoms with Crippen LogP contribution >= 0.6 is 0 Å². The summed E-state index contributed by atoms with van der Waals surface area (Å²) in [5.74, 6) is 1.12. The first-order valence-corrected chi connectivity index (χ1v) is 9.55. The number of benzene rings is 2. The molecule has 1 fully saturated rings. The second kappa shape index (κ2) is 7.66. The summed E-state index contributed by atoms with van der Waals surface area (Å²) in [6, 6.07) is 13.7. The third kappa shape index (κ3) is 4.03. The Morgan fingerprint density at radius 2 is 1.86 bits per heavy atom. The van der Waals surface area contributed by atoms with Crippen LogP contribution in [0.25, 0.3) is 6.08 Å². The molecule has 0 bridgehead atoms. The first-order chi connectivity index (χ1) is 13.2. The molecule has 0 heterocycles. The number of rotatable bonds is 6. The molecule has 5 heteroatoms. The van der Waals surface area contributed by atoms with Gasteiger partial charge in [-0.2, -0.15) is 0 Å². The number of nitro benzene ring substituents is 1. The molecule has 2 aromatic rings. The highest BCUT2D eigenvalue weighted by atomic mass is 16.6. The van der Waals surface area contributed by atoms with Crippen molar-refractivity contribution in [1.29, 1.82) is 0 Å². The van der Waals surface area contributed by atoms with E-state index in [4.69, 9.17) is 4.74 Å². The van der Waals surface area contributed by atoms with Crippen LogP contribution in [-0.4, -0.2) is 30.0 Å². The summed E-state index contributed by atoms with van der Waals surface area (Å²) in [4.78, 5) is 12.8. The van der Waals surface area contributed by atoms with Crippen molar-refractivity contribution in [2.45, 2.75) is 39.2 Å². The van der Waals surface area contributed by atoms with Crippen molar-refractivity contribution in [2.24, 2.45) is 5.41 Å². The van der Waals surface area contributed by atoms with Crippen LogP contribution in [0.3, 0.4) is 0 Å². The Morgan fingerprint density at radius 3 is 2.43 bits per heavy atom. The molecule has 0 radical (unpaired) electrons. The Bertz CT molecular complexity index is 885. The molecular formula is C23H28N2O3. The molecule has 0 N–H and O–H groups in total. The van der Waals surface area contributed by atoms with Crippen LogP contribution in [0.4, 0.5) is 5.69 Å². The monoisotopic (exact) mass is 380 g/mol. The molecule has 148 valence electrons. The van der Waals surface area contributed by atoms with Crippen molar-refractivity contribution >= 4 is 11.8 Å². The summed E-state index contributed by atoms with van der Waals surface area (Å²) >= 11 is 0. The molecule has 0 spiro atoms. The lowest BCUT2D eigenvalue weighted by Crippen LogP contribution is -2.50.